The molecule has 7 heteroatoms. The maximum absolute atomic E-state index is 13.0. The van der Waals surface area contributed by atoms with Crippen molar-refractivity contribution in [3.8, 4) is 5.69 Å². The molecular formula is C23H17N3O3S. The van der Waals surface area contributed by atoms with Crippen LogP contribution >= 0.6 is 11.3 Å². The predicted octanol–water partition coefficient (Wildman–Crippen LogP) is 3.56. The number of rotatable bonds is 3. The number of nitrogens with zero attached hydrogens (tertiary/aromatic N) is 3. The van der Waals surface area contributed by atoms with Crippen molar-refractivity contribution in [2.75, 3.05) is 0 Å². The van der Waals surface area contributed by atoms with Gasteiger partial charge in [0.25, 0.3) is 5.56 Å². The second-order valence-electron chi connectivity index (χ2n) is 7.15. The minimum absolute atomic E-state index is 0.0821. The molecule has 0 saturated carbocycles. The monoisotopic (exact) mass is 415 g/mol. The van der Waals surface area contributed by atoms with Gasteiger partial charge in [-0.05, 0) is 61.9 Å². The Morgan fingerprint density at radius 2 is 1.90 bits per heavy atom. The summed E-state index contributed by atoms with van der Waals surface area (Å²) in [6, 6.07) is 16.4. The summed E-state index contributed by atoms with van der Waals surface area (Å²) in [5.41, 5.74) is 5.36. The third kappa shape index (κ3) is 2.74. The van der Waals surface area contributed by atoms with E-state index in [9.17, 15) is 14.7 Å². The highest BCUT2D eigenvalue weighted by Gasteiger charge is 2.14. The van der Waals surface area contributed by atoms with Gasteiger partial charge in [0.1, 0.15) is 0 Å². The van der Waals surface area contributed by atoms with Gasteiger partial charge in [0.05, 0.1) is 21.1 Å². The Bertz CT molecular complexity index is 1570. The van der Waals surface area contributed by atoms with E-state index < -0.39 is 5.97 Å². The molecule has 6 nitrogen and oxygen atoms in total. The Kier molecular flexibility index (Phi) is 4.08. The lowest BCUT2D eigenvalue weighted by Crippen LogP contribution is -2.22. The Morgan fingerprint density at radius 3 is 2.70 bits per heavy atom. The van der Waals surface area contributed by atoms with Crippen molar-refractivity contribution in [2.45, 2.75) is 13.8 Å². The molecule has 0 unspecified atom stereocenters. The lowest BCUT2D eigenvalue weighted by Gasteiger charge is -2.10. The van der Waals surface area contributed by atoms with Crippen LogP contribution in [0.1, 0.15) is 27.3 Å². The normalized spacial score (nSPS) is 12.3. The molecule has 5 aromatic rings. The smallest absolute Gasteiger partial charge is 0.335 e. The Morgan fingerprint density at radius 1 is 1.10 bits per heavy atom. The summed E-state index contributed by atoms with van der Waals surface area (Å²) in [4.78, 5) is 29.6. The summed E-state index contributed by atoms with van der Waals surface area (Å²) in [6.45, 7) is 3.93. The average Bonchev–Trinajstić information content (AvgIpc) is 3.33. The van der Waals surface area contributed by atoms with Crippen LogP contribution in [-0.2, 0) is 0 Å². The maximum atomic E-state index is 13.0. The van der Waals surface area contributed by atoms with Crippen LogP contribution in [0.2, 0.25) is 0 Å². The number of para-hydroxylation sites is 2. The molecule has 148 valence electrons. The van der Waals surface area contributed by atoms with E-state index in [0.29, 0.717) is 9.49 Å². The van der Waals surface area contributed by atoms with Gasteiger partial charge in [-0.25, -0.2) is 14.2 Å². The fourth-order valence-electron chi connectivity index (χ4n) is 3.86. The summed E-state index contributed by atoms with van der Waals surface area (Å²) >= 11 is 1.37. The van der Waals surface area contributed by atoms with Gasteiger partial charge in [0.15, 0.2) is 4.96 Å². The number of aryl methyl sites for hydroxylation is 1. The van der Waals surface area contributed by atoms with Crippen LogP contribution in [0.4, 0.5) is 0 Å². The Labute approximate surface area is 175 Å². The van der Waals surface area contributed by atoms with E-state index in [1.807, 2.05) is 60.9 Å². The molecule has 0 radical (unpaired) electrons. The first kappa shape index (κ1) is 18.3. The van der Waals surface area contributed by atoms with Gasteiger partial charge in [-0.15, -0.1) is 0 Å². The minimum atomic E-state index is -0.962. The number of hydrogen-bond donors (Lipinski definition) is 1. The molecule has 30 heavy (non-hydrogen) atoms. The van der Waals surface area contributed by atoms with E-state index in [-0.39, 0.29) is 11.1 Å². The maximum Gasteiger partial charge on any atom is 0.335 e. The van der Waals surface area contributed by atoms with E-state index >= 15 is 0 Å². The van der Waals surface area contributed by atoms with Crippen LogP contribution in [0, 0.1) is 13.8 Å². The van der Waals surface area contributed by atoms with Crippen molar-refractivity contribution in [2.24, 2.45) is 0 Å². The molecule has 2 aromatic carbocycles. The van der Waals surface area contributed by atoms with Crippen LogP contribution in [-0.4, -0.2) is 25.0 Å². The first-order valence-corrected chi connectivity index (χ1v) is 10.2. The molecule has 0 amide bonds. The number of fused-ring (bicyclic) bond motifs is 3. The van der Waals surface area contributed by atoms with Crippen molar-refractivity contribution >= 4 is 39.4 Å². The second kappa shape index (κ2) is 6.67. The minimum Gasteiger partial charge on any atom is -0.478 e. The zero-order chi connectivity index (χ0) is 21.0. The fraction of sp³-hybridized carbons (Fsp3) is 0.0870. The van der Waals surface area contributed by atoms with Crippen molar-refractivity contribution < 1.29 is 9.90 Å². The van der Waals surface area contributed by atoms with Crippen LogP contribution in [0.15, 0.2) is 59.4 Å². The summed E-state index contributed by atoms with van der Waals surface area (Å²) in [5.74, 6) is -0.962. The van der Waals surface area contributed by atoms with Gasteiger partial charge in [0.2, 0.25) is 0 Å². The number of hydrogen-bond acceptors (Lipinski definition) is 4. The standard InChI is InChI=1S/C23H17N3O3S/c1-13-10-16(14(2)25(13)17-7-5-6-15(11-17)22(28)29)12-20-21(27)26-19-9-4-3-8-18(19)24-23(26)30-20/h3-12H,1-2H3,(H,28,29). The first-order valence-electron chi connectivity index (χ1n) is 9.38. The number of carboxylic acids is 1. The van der Waals surface area contributed by atoms with Crippen LogP contribution < -0.4 is 10.1 Å². The number of aromatic carboxylic acids is 1. The van der Waals surface area contributed by atoms with Gasteiger partial charge in [-0.1, -0.05) is 29.5 Å². The summed E-state index contributed by atoms with van der Waals surface area (Å²) in [7, 11) is 0. The van der Waals surface area contributed by atoms with Crippen molar-refractivity contribution in [1.82, 2.24) is 14.0 Å². The summed E-state index contributed by atoms with van der Waals surface area (Å²) in [6.07, 6.45) is 1.89. The van der Waals surface area contributed by atoms with Crippen LogP contribution in [0.25, 0.3) is 27.8 Å². The van der Waals surface area contributed by atoms with Gasteiger partial charge < -0.3 is 9.67 Å². The number of carboxylic acid groups (broad SMARTS) is 1. The molecule has 0 aliphatic heterocycles. The largest absolute Gasteiger partial charge is 0.478 e. The SMILES string of the molecule is Cc1cc(C=c2sc3nc4ccccc4n3c2=O)c(C)n1-c1cccc(C(=O)O)c1. The highest BCUT2D eigenvalue weighted by molar-refractivity contribution is 7.15. The number of thiazole rings is 1. The van der Waals surface area contributed by atoms with Gasteiger partial charge >= 0.3 is 5.97 Å². The molecule has 0 saturated heterocycles. The predicted molar refractivity (Wildman–Crippen MR) is 118 cm³/mol. The number of carbonyl (C=O) groups is 1. The summed E-state index contributed by atoms with van der Waals surface area (Å²) in [5, 5.41) is 9.29. The van der Waals surface area contributed by atoms with E-state index in [0.717, 1.165) is 33.7 Å². The zero-order valence-electron chi connectivity index (χ0n) is 16.3. The quantitative estimate of drug-likeness (QED) is 0.489. The topological polar surface area (TPSA) is 76.6 Å². The molecular weight excluding hydrogens is 398 g/mol. The molecule has 0 bridgehead atoms. The molecule has 3 aromatic heterocycles. The van der Waals surface area contributed by atoms with E-state index in [1.165, 1.54) is 11.3 Å². The number of imidazole rings is 1. The van der Waals surface area contributed by atoms with Crippen LogP contribution in [0.3, 0.4) is 0 Å². The fourth-order valence-corrected chi connectivity index (χ4v) is 4.84. The van der Waals surface area contributed by atoms with E-state index in [4.69, 9.17) is 0 Å². The molecule has 0 atom stereocenters. The zero-order valence-corrected chi connectivity index (χ0v) is 17.1. The molecule has 0 aliphatic carbocycles. The highest BCUT2D eigenvalue weighted by Crippen LogP contribution is 2.22. The first-order chi connectivity index (χ1) is 14.4. The molecule has 3 heterocycles. The third-order valence-corrected chi connectivity index (χ3v) is 6.22. The van der Waals surface area contributed by atoms with Crippen molar-refractivity contribution in [3.63, 3.8) is 0 Å². The average molecular weight is 415 g/mol. The van der Waals surface area contributed by atoms with Crippen LogP contribution in [0.5, 0.6) is 0 Å². The lowest BCUT2D eigenvalue weighted by molar-refractivity contribution is 0.0697. The Hall–Kier alpha value is -3.71. The lowest BCUT2D eigenvalue weighted by atomic mass is 10.2. The van der Waals surface area contributed by atoms with Crippen molar-refractivity contribution in [3.05, 3.63) is 92.0 Å². The van der Waals surface area contributed by atoms with E-state index in [2.05, 4.69) is 4.98 Å². The number of aromatic nitrogens is 3. The second-order valence-corrected chi connectivity index (χ2v) is 8.16. The van der Waals surface area contributed by atoms with E-state index in [1.54, 1.807) is 22.6 Å². The highest BCUT2D eigenvalue weighted by atomic mass is 32.1. The number of benzene rings is 2. The van der Waals surface area contributed by atoms with Gasteiger partial charge in [-0.3, -0.25) is 4.79 Å². The molecule has 0 aliphatic rings. The van der Waals surface area contributed by atoms with Gasteiger partial charge in [0, 0.05) is 17.1 Å². The van der Waals surface area contributed by atoms with Gasteiger partial charge in [-0.2, -0.15) is 0 Å². The molecule has 1 N–H and O–H groups in total. The summed E-state index contributed by atoms with van der Waals surface area (Å²) < 4.78 is 4.26. The third-order valence-electron chi connectivity index (χ3n) is 5.25. The molecule has 0 spiro atoms. The Balaban J connectivity index is 1.68. The molecule has 0 fully saturated rings. The van der Waals surface area contributed by atoms with Crippen molar-refractivity contribution in [1.29, 1.82) is 0 Å². The molecule has 5 rings (SSSR count).